The average molecular weight is 521 g/mol. The van der Waals surface area contributed by atoms with E-state index in [1.54, 1.807) is 0 Å². The van der Waals surface area contributed by atoms with Crippen molar-refractivity contribution in [3.05, 3.63) is 156 Å². The number of hydrogen-bond donors (Lipinski definition) is 2. The average Bonchev–Trinajstić information content (AvgIpc) is 2.99. The van der Waals surface area contributed by atoms with Gasteiger partial charge in [-0.05, 0) is 68.1 Å². The smallest absolute Gasteiger partial charge is 0.134 e. The summed E-state index contributed by atoms with van der Waals surface area (Å²) in [6.45, 7) is 0. The van der Waals surface area contributed by atoms with Gasteiger partial charge in [-0.3, -0.25) is 4.79 Å². The molecule has 0 fully saturated rings. The number of Topliss-reactive ketones (excluding diaryl/α,β-unsaturated/α-hetero) is 1. The van der Waals surface area contributed by atoms with E-state index in [9.17, 15) is 4.79 Å². The molecule has 0 aliphatic carbocycles. The highest BCUT2D eigenvalue weighted by Gasteiger charge is 2.25. The van der Waals surface area contributed by atoms with Gasteiger partial charge in [-0.2, -0.15) is 0 Å². The minimum Gasteiger partial charge on any atom is -0.399 e. The van der Waals surface area contributed by atoms with Crippen LogP contribution in [0.15, 0.2) is 133 Å². The summed E-state index contributed by atoms with van der Waals surface area (Å²) in [5, 5.41) is 4.42. The van der Waals surface area contributed by atoms with Crippen molar-refractivity contribution >= 4 is 38.7 Å². The lowest BCUT2D eigenvalue weighted by atomic mass is 9.80. The van der Waals surface area contributed by atoms with E-state index in [2.05, 4.69) is 72.8 Å². The number of rotatable bonds is 8. The van der Waals surface area contributed by atoms with Crippen LogP contribution in [0.5, 0.6) is 0 Å². The summed E-state index contributed by atoms with van der Waals surface area (Å²) in [5.74, 6) is 0.0436. The van der Waals surface area contributed by atoms with Crippen molar-refractivity contribution in [2.24, 2.45) is 0 Å². The lowest BCUT2D eigenvalue weighted by Gasteiger charge is -2.23. The summed E-state index contributed by atoms with van der Waals surface area (Å²) < 4.78 is 0. The molecule has 0 unspecified atom stereocenters. The number of ketones is 1. The third-order valence-electron chi connectivity index (χ3n) is 7.90. The minimum absolute atomic E-state index is 0.0845. The molecular formula is C37H32N2O. The summed E-state index contributed by atoms with van der Waals surface area (Å²) in [7, 11) is 0. The monoisotopic (exact) mass is 520 g/mol. The van der Waals surface area contributed by atoms with Crippen molar-refractivity contribution < 1.29 is 4.79 Å². The number of nitrogens with two attached hydrogens (primary N) is 2. The zero-order chi connectivity index (χ0) is 27.5. The van der Waals surface area contributed by atoms with E-state index in [0.29, 0.717) is 12.8 Å². The minimum atomic E-state index is -0.0845. The number of carbonyl (C=O) groups excluding carboxylic acids is 1. The van der Waals surface area contributed by atoms with E-state index in [1.165, 1.54) is 0 Å². The van der Waals surface area contributed by atoms with Gasteiger partial charge in [-0.25, -0.2) is 0 Å². The van der Waals surface area contributed by atoms with Crippen LogP contribution in [0.4, 0.5) is 11.4 Å². The molecule has 0 spiro atoms. The fourth-order valence-corrected chi connectivity index (χ4v) is 5.96. The number of fused-ring (bicyclic) bond motifs is 2. The Kier molecular flexibility index (Phi) is 7.03. The highest BCUT2D eigenvalue weighted by Crippen LogP contribution is 2.38. The van der Waals surface area contributed by atoms with Gasteiger partial charge in [0.15, 0.2) is 0 Å². The third kappa shape index (κ3) is 5.19. The Balaban J connectivity index is 1.41. The van der Waals surface area contributed by atoms with Crippen LogP contribution in [0.3, 0.4) is 0 Å². The largest absolute Gasteiger partial charge is 0.399 e. The molecule has 0 saturated carbocycles. The van der Waals surface area contributed by atoms with Gasteiger partial charge in [-0.1, -0.05) is 109 Å². The molecule has 6 aromatic carbocycles. The van der Waals surface area contributed by atoms with Crippen LogP contribution in [-0.4, -0.2) is 5.78 Å². The zero-order valence-corrected chi connectivity index (χ0v) is 22.3. The Morgan fingerprint density at radius 1 is 0.500 bits per heavy atom. The van der Waals surface area contributed by atoms with E-state index >= 15 is 0 Å². The normalized spacial score (nSPS) is 12.8. The molecule has 0 aliphatic rings. The second-order valence-corrected chi connectivity index (χ2v) is 10.5. The Bertz CT molecular complexity index is 1660. The molecule has 2 atom stereocenters. The van der Waals surface area contributed by atoms with Gasteiger partial charge in [0.1, 0.15) is 5.78 Å². The van der Waals surface area contributed by atoms with Crippen LogP contribution in [-0.2, 0) is 4.79 Å². The molecule has 0 radical (unpaired) electrons. The maximum Gasteiger partial charge on any atom is 0.134 e. The van der Waals surface area contributed by atoms with E-state index in [-0.39, 0.29) is 17.6 Å². The molecule has 6 aromatic rings. The summed E-state index contributed by atoms with van der Waals surface area (Å²) >= 11 is 0. The van der Waals surface area contributed by atoms with E-state index in [4.69, 9.17) is 11.5 Å². The van der Waals surface area contributed by atoms with Gasteiger partial charge in [0.2, 0.25) is 0 Å². The summed E-state index contributed by atoms with van der Waals surface area (Å²) in [6.07, 6.45) is 0.794. The van der Waals surface area contributed by atoms with Gasteiger partial charge >= 0.3 is 0 Å². The maximum absolute atomic E-state index is 14.1. The number of nitrogen functional groups attached to an aromatic ring is 2. The molecule has 0 aromatic heterocycles. The number of carbonyl (C=O) groups is 1. The Hall–Kier alpha value is -4.89. The highest BCUT2D eigenvalue weighted by atomic mass is 16.1. The van der Waals surface area contributed by atoms with Crippen LogP contribution in [0, 0.1) is 0 Å². The quantitative estimate of drug-likeness (QED) is 0.198. The molecule has 3 nitrogen and oxygen atoms in total. The fourth-order valence-electron chi connectivity index (χ4n) is 5.96. The Morgan fingerprint density at radius 2 is 0.925 bits per heavy atom. The first-order valence-electron chi connectivity index (χ1n) is 13.7. The van der Waals surface area contributed by atoms with E-state index < -0.39 is 0 Å². The van der Waals surface area contributed by atoms with Crippen molar-refractivity contribution in [3.8, 4) is 0 Å². The van der Waals surface area contributed by atoms with Crippen LogP contribution in [0.1, 0.15) is 46.9 Å². The van der Waals surface area contributed by atoms with Gasteiger partial charge in [0.25, 0.3) is 0 Å². The number of hydrogen-bond acceptors (Lipinski definition) is 3. The third-order valence-corrected chi connectivity index (χ3v) is 7.90. The summed E-state index contributed by atoms with van der Waals surface area (Å²) in [4.78, 5) is 14.1. The molecule has 6 rings (SSSR count). The second-order valence-electron chi connectivity index (χ2n) is 10.5. The first-order chi connectivity index (χ1) is 19.6. The molecule has 0 heterocycles. The topological polar surface area (TPSA) is 69.1 Å². The van der Waals surface area contributed by atoms with Crippen molar-refractivity contribution in [3.63, 3.8) is 0 Å². The van der Waals surface area contributed by atoms with Crippen LogP contribution < -0.4 is 11.5 Å². The number of anilines is 2. The molecular weight excluding hydrogens is 488 g/mol. The molecule has 0 amide bonds. The van der Waals surface area contributed by atoms with Crippen LogP contribution in [0.25, 0.3) is 21.5 Å². The van der Waals surface area contributed by atoms with Gasteiger partial charge in [0.05, 0.1) is 0 Å². The van der Waals surface area contributed by atoms with Crippen molar-refractivity contribution in [1.29, 1.82) is 0 Å². The van der Waals surface area contributed by atoms with Crippen molar-refractivity contribution in [1.82, 2.24) is 0 Å². The molecule has 0 saturated heterocycles. The number of benzene rings is 6. The lowest BCUT2D eigenvalue weighted by molar-refractivity contribution is -0.119. The first-order valence-corrected chi connectivity index (χ1v) is 13.7. The van der Waals surface area contributed by atoms with Gasteiger partial charge < -0.3 is 11.5 Å². The van der Waals surface area contributed by atoms with Gasteiger partial charge in [0, 0.05) is 36.1 Å². The Labute approximate surface area is 235 Å². The predicted octanol–water partition coefficient (Wildman–Crippen LogP) is 8.47. The van der Waals surface area contributed by atoms with Gasteiger partial charge in [-0.15, -0.1) is 0 Å². The first kappa shape index (κ1) is 25.4. The fraction of sp³-hybridized carbons (Fsp3) is 0.108. The van der Waals surface area contributed by atoms with Crippen LogP contribution in [0.2, 0.25) is 0 Å². The van der Waals surface area contributed by atoms with Crippen LogP contribution >= 0.6 is 0 Å². The standard InChI is InChI=1S/C37H32N2O/c38-29-19-17-27-13-7-15-32(34(27)21-29)36(25-9-3-1-4-10-25)23-31(40)24-37(26-11-5-2-6-12-26)33-16-8-14-28-18-20-30(39)22-35(28)33/h1-22,36-37H,23-24,38-39H2/t36-,37-/m0/s1. The zero-order valence-electron chi connectivity index (χ0n) is 22.3. The van der Waals surface area contributed by atoms with E-state index in [1.807, 2.05) is 60.7 Å². The summed E-state index contributed by atoms with van der Waals surface area (Å²) in [6, 6.07) is 45.3. The molecule has 0 bridgehead atoms. The lowest BCUT2D eigenvalue weighted by Crippen LogP contribution is -2.14. The summed E-state index contributed by atoms with van der Waals surface area (Å²) in [5.41, 5.74) is 18.4. The SMILES string of the molecule is Nc1ccc2cccc([C@@H](CC(=O)C[C@@H](c3ccccc3)c3cccc4ccc(N)cc34)c3ccccc3)c2c1. The van der Waals surface area contributed by atoms with Crippen molar-refractivity contribution in [2.45, 2.75) is 24.7 Å². The predicted molar refractivity (Wildman–Crippen MR) is 168 cm³/mol. The maximum atomic E-state index is 14.1. The molecule has 0 aliphatic heterocycles. The molecule has 196 valence electrons. The van der Waals surface area contributed by atoms with Crippen molar-refractivity contribution in [2.75, 3.05) is 11.5 Å². The molecule has 4 N–H and O–H groups in total. The second kappa shape index (κ2) is 11.1. The molecule has 3 heteroatoms. The van der Waals surface area contributed by atoms with E-state index in [0.717, 1.165) is 55.2 Å². The highest BCUT2D eigenvalue weighted by molar-refractivity contribution is 5.92. The molecule has 40 heavy (non-hydrogen) atoms. The Morgan fingerprint density at radius 3 is 1.35 bits per heavy atom.